The number of phenolic OH excluding ortho intramolecular Hbond substituents is 1. The van der Waals surface area contributed by atoms with Crippen molar-refractivity contribution in [3.05, 3.63) is 23.8 Å². The van der Waals surface area contributed by atoms with Gasteiger partial charge in [0.15, 0.2) is 18.3 Å². The van der Waals surface area contributed by atoms with Gasteiger partial charge in [-0.25, -0.2) is 0 Å². The lowest BCUT2D eigenvalue weighted by Crippen LogP contribution is -2.02. The molecule has 1 N–H and O–H groups in total. The first kappa shape index (κ1) is 10.9. The Labute approximate surface area is 84.3 Å². The zero-order valence-corrected chi connectivity index (χ0v) is 8.78. The highest BCUT2D eigenvalue weighted by Crippen LogP contribution is 2.34. The predicted molar refractivity (Wildman–Crippen MR) is 54.7 cm³/mol. The number of aromatic hydroxyl groups is 1. The summed E-state index contributed by atoms with van der Waals surface area (Å²) in [4.78, 5) is 0. The Morgan fingerprint density at radius 2 is 2.07 bits per heavy atom. The summed E-state index contributed by atoms with van der Waals surface area (Å²) in [6.45, 7) is 4.25. The van der Waals surface area contributed by atoms with Crippen LogP contribution in [0.25, 0.3) is 0 Å². The summed E-state index contributed by atoms with van der Waals surface area (Å²) in [7, 11) is 1.55. The molecule has 0 aliphatic rings. The summed E-state index contributed by atoms with van der Waals surface area (Å²) in [6.07, 6.45) is 0. The lowest BCUT2D eigenvalue weighted by Gasteiger charge is -2.14. The van der Waals surface area contributed by atoms with Crippen molar-refractivity contribution >= 4 is 0 Å². The van der Waals surface area contributed by atoms with E-state index in [1.807, 2.05) is 12.1 Å². The molecule has 78 valence electrons. The minimum absolute atomic E-state index is 0.150. The van der Waals surface area contributed by atoms with Crippen molar-refractivity contribution in [3.63, 3.8) is 0 Å². The molecule has 0 heterocycles. The molecule has 1 aromatic rings. The molecule has 0 spiro atoms. The van der Waals surface area contributed by atoms with Gasteiger partial charge in [0, 0.05) is 12.7 Å². The summed E-state index contributed by atoms with van der Waals surface area (Å²) >= 11 is 0. The fraction of sp³-hybridized carbons (Fsp3) is 0.455. The molecule has 14 heavy (non-hydrogen) atoms. The minimum Gasteiger partial charge on any atom is -0.504 e. The third kappa shape index (κ3) is 2.39. The number of para-hydroxylation sites is 1. The summed E-state index contributed by atoms with van der Waals surface area (Å²) < 4.78 is 10.1. The van der Waals surface area contributed by atoms with Crippen LogP contribution >= 0.6 is 0 Å². The summed E-state index contributed by atoms with van der Waals surface area (Å²) in [5, 5.41) is 9.59. The molecular formula is C11H16O3. The van der Waals surface area contributed by atoms with Crippen LogP contribution in [0.15, 0.2) is 18.2 Å². The molecule has 0 amide bonds. The second-order valence-electron chi connectivity index (χ2n) is 3.40. The van der Waals surface area contributed by atoms with Crippen molar-refractivity contribution in [2.24, 2.45) is 0 Å². The number of phenols is 1. The van der Waals surface area contributed by atoms with Crippen LogP contribution in [0, 0.1) is 0 Å². The van der Waals surface area contributed by atoms with Crippen LogP contribution < -0.4 is 4.74 Å². The maximum Gasteiger partial charge on any atom is 0.188 e. The maximum absolute atomic E-state index is 9.59. The summed E-state index contributed by atoms with van der Waals surface area (Å²) in [6, 6.07) is 5.36. The van der Waals surface area contributed by atoms with Gasteiger partial charge < -0.3 is 14.6 Å². The molecule has 0 radical (unpaired) electrons. The van der Waals surface area contributed by atoms with E-state index in [4.69, 9.17) is 9.47 Å². The molecule has 0 fully saturated rings. The Kier molecular flexibility index (Phi) is 3.77. The monoisotopic (exact) mass is 196 g/mol. The molecule has 0 aromatic heterocycles. The first-order chi connectivity index (χ1) is 6.66. The fourth-order valence-electron chi connectivity index (χ4n) is 1.27. The van der Waals surface area contributed by atoms with Crippen molar-refractivity contribution in [1.29, 1.82) is 0 Å². The molecule has 0 aliphatic carbocycles. The topological polar surface area (TPSA) is 38.7 Å². The average molecular weight is 196 g/mol. The van der Waals surface area contributed by atoms with Gasteiger partial charge in [-0.05, 0) is 12.0 Å². The first-order valence-electron chi connectivity index (χ1n) is 4.60. The van der Waals surface area contributed by atoms with Crippen molar-refractivity contribution in [3.8, 4) is 11.5 Å². The van der Waals surface area contributed by atoms with Crippen molar-refractivity contribution in [2.45, 2.75) is 19.8 Å². The van der Waals surface area contributed by atoms with Crippen molar-refractivity contribution in [2.75, 3.05) is 13.9 Å². The summed E-state index contributed by atoms with van der Waals surface area (Å²) in [5.41, 5.74) is 0.988. The second-order valence-corrected chi connectivity index (χ2v) is 3.40. The molecule has 0 saturated heterocycles. The first-order valence-corrected chi connectivity index (χ1v) is 4.60. The molecule has 3 nitrogen and oxygen atoms in total. The highest BCUT2D eigenvalue weighted by molar-refractivity contribution is 5.46. The number of hydrogen-bond donors (Lipinski definition) is 1. The maximum atomic E-state index is 9.59. The van der Waals surface area contributed by atoms with E-state index >= 15 is 0 Å². The number of hydrogen-bond acceptors (Lipinski definition) is 3. The van der Waals surface area contributed by atoms with E-state index in [9.17, 15) is 5.11 Å². The molecule has 0 unspecified atom stereocenters. The van der Waals surface area contributed by atoms with E-state index < -0.39 is 0 Å². The third-order valence-corrected chi connectivity index (χ3v) is 1.97. The van der Waals surface area contributed by atoms with Gasteiger partial charge in [-0.15, -0.1) is 0 Å². The van der Waals surface area contributed by atoms with Crippen LogP contribution in [0.5, 0.6) is 11.5 Å². The predicted octanol–water partition coefficient (Wildman–Crippen LogP) is 2.50. The molecule has 1 rings (SSSR count). The molecule has 3 heteroatoms. The zero-order valence-electron chi connectivity index (χ0n) is 8.78. The van der Waals surface area contributed by atoms with Crippen LogP contribution in [-0.2, 0) is 4.74 Å². The van der Waals surface area contributed by atoms with E-state index in [-0.39, 0.29) is 12.5 Å². The molecule has 0 saturated carbocycles. The normalized spacial score (nSPS) is 10.6. The zero-order chi connectivity index (χ0) is 10.6. The molecule has 0 bridgehead atoms. The quantitative estimate of drug-likeness (QED) is 0.752. The molecule has 0 aliphatic heterocycles. The largest absolute Gasteiger partial charge is 0.504 e. The highest BCUT2D eigenvalue weighted by atomic mass is 16.7. The Morgan fingerprint density at radius 1 is 1.36 bits per heavy atom. The van der Waals surface area contributed by atoms with E-state index in [1.54, 1.807) is 13.2 Å². The van der Waals surface area contributed by atoms with Crippen molar-refractivity contribution < 1.29 is 14.6 Å². The van der Waals surface area contributed by atoms with Crippen LogP contribution in [-0.4, -0.2) is 19.0 Å². The van der Waals surface area contributed by atoms with Crippen LogP contribution in [0.3, 0.4) is 0 Å². The molecular weight excluding hydrogens is 180 g/mol. The Morgan fingerprint density at radius 3 is 2.64 bits per heavy atom. The van der Waals surface area contributed by atoms with Crippen LogP contribution in [0.2, 0.25) is 0 Å². The summed E-state index contributed by atoms with van der Waals surface area (Å²) in [5.74, 6) is 0.992. The minimum atomic E-state index is 0.150. The Balaban J connectivity index is 2.96. The molecule has 0 atom stereocenters. The average Bonchev–Trinajstić information content (AvgIpc) is 2.15. The van der Waals surface area contributed by atoms with Gasteiger partial charge in [-0.2, -0.15) is 0 Å². The highest BCUT2D eigenvalue weighted by Gasteiger charge is 2.11. The smallest absolute Gasteiger partial charge is 0.188 e. The SMILES string of the molecule is COCOc1c(O)cccc1C(C)C. The van der Waals surface area contributed by atoms with Crippen molar-refractivity contribution in [1.82, 2.24) is 0 Å². The second kappa shape index (κ2) is 4.86. The van der Waals surface area contributed by atoms with Gasteiger partial charge in [-0.3, -0.25) is 0 Å². The standard InChI is InChI=1S/C11H16O3/c1-8(2)9-5-4-6-10(12)11(9)14-7-13-3/h4-6,8,12H,7H2,1-3H3. The number of ether oxygens (including phenoxy) is 2. The van der Waals surface area contributed by atoms with Crippen LogP contribution in [0.1, 0.15) is 25.3 Å². The number of rotatable bonds is 4. The fourth-order valence-corrected chi connectivity index (χ4v) is 1.27. The number of benzene rings is 1. The van der Waals surface area contributed by atoms with Gasteiger partial charge in [0.05, 0.1) is 0 Å². The Bertz CT molecular complexity index is 295. The van der Waals surface area contributed by atoms with E-state index in [1.165, 1.54) is 0 Å². The van der Waals surface area contributed by atoms with E-state index in [2.05, 4.69) is 13.8 Å². The lowest BCUT2D eigenvalue weighted by molar-refractivity contribution is 0.0483. The van der Waals surface area contributed by atoms with Gasteiger partial charge in [0.1, 0.15) is 0 Å². The van der Waals surface area contributed by atoms with E-state index in [0.717, 1.165) is 5.56 Å². The molecule has 1 aromatic carbocycles. The van der Waals surface area contributed by atoms with Gasteiger partial charge in [-0.1, -0.05) is 26.0 Å². The third-order valence-electron chi connectivity index (χ3n) is 1.97. The van der Waals surface area contributed by atoms with Gasteiger partial charge in [0.2, 0.25) is 0 Å². The Hall–Kier alpha value is -1.22. The van der Waals surface area contributed by atoms with Crippen LogP contribution in [0.4, 0.5) is 0 Å². The van der Waals surface area contributed by atoms with Gasteiger partial charge in [0.25, 0.3) is 0 Å². The van der Waals surface area contributed by atoms with E-state index in [0.29, 0.717) is 11.7 Å². The van der Waals surface area contributed by atoms with Gasteiger partial charge >= 0.3 is 0 Å². The number of methoxy groups -OCH3 is 1. The lowest BCUT2D eigenvalue weighted by atomic mass is 10.0.